The van der Waals surface area contributed by atoms with E-state index in [2.05, 4.69) is 71.3 Å². The summed E-state index contributed by atoms with van der Waals surface area (Å²) in [4.78, 5) is 6.79. The Morgan fingerprint density at radius 3 is 2.26 bits per heavy atom. The Balaban J connectivity index is 1.57. The summed E-state index contributed by atoms with van der Waals surface area (Å²) in [5.74, 6) is 1.41. The summed E-state index contributed by atoms with van der Waals surface area (Å²) in [7, 11) is 5.14. The van der Waals surface area contributed by atoms with Gasteiger partial charge in [-0.15, -0.1) is 0 Å². The molecule has 1 N–H and O–H groups in total. The Morgan fingerprint density at radius 2 is 1.71 bits per heavy atom. The summed E-state index contributed by atoms with van der Waals surface area (Å²) in [6.07, 6.45) is 5.11. The molecule has 186 valence electrons. The van der Waals surface area contributed by atoms with E-state index in [0.29, 0.717) is 18.8 Å². The first-order chi connectivity index (χ1) is 16.3. The molecule has 6 nitrogen and oxygen atoms in total. The number of ether oxygens (including phenoxy) is 1. The van der Waals surface area contributed by atoms with Crippen LogP contribution in [0.4, 0.5) is 0 Å². The molecule has 2 aromatic rings. The maximum absolute atomic E-state index is 12.0. The van der Waals surface area contributed by atoms with Crippen LogP contribution in [0.1, 0.15) is 36.8 Å². The minimum absolute atomic E-state index is 0.000111. The quantitative estimate of drug-likeness (QED) is 0.620. The van der Waals surface area contributed by atoms with Crippen molar-refractivity contribution in [2.24, 2.45) is 0 Å². The number of hydrogen-bond acceptors (Lipinski definition) is 6. The predicted molar refractivity (Wildman–Crippen MR) is 138 cm³/mol. The van der Waals surface area contributed by atoms with E-state index in [9.17, 15) is 9.32 Å². The molecule has 4 rings (SSSR count). The van der Waals surface area contributed by atoms with E-state index in [1.807, 2.05) is 12.1 Å². The van der Waals surface area contributed by atoms with Gasteiger partial charge in [0.15, 0.2) is 6.35 Å². The molecular formula is C27H39N3O3S. The molecule has 1 spiro atoms. The normalized spacial score (nSPS) is 29.1. The summed E-state index contributed by atoms with van der Waals surface area (Å²) in [5.41, 5.74) is 2.41. The SMILES string of the molecule is COc1ccc(CN2CC3(CCC(c4ccccc4)(N(C)C)CC3)N(CCS(C)=O)C2O)cc1. The number of aliphatic hydroxyl groups excluding tert-OH is 1. The van der Waals surface area contributed by atoms with Crippen LogP contribution >= 0.6 is 0 Å². The second-order valence-electron chi connectivity index (χ2n) is 10.1. The van der Waals surface area contributed by atoms with Gasteiger partial charge in [0.25, 0.3) is 0 Å². The van der Waals surface area contributed by atoms with Crippen LogP contribution in [0, 0.1) is 0 Å². The largest absolute Gasteiger partial charge is 0.497 e. The highest BCUT2D eigenvalue weighted by molar-refractivity contribution is 7.84. The molecule has 2 fully saturated rings. The summed E-state index contributed by atoms with van der Waals surface area (Å²) in [6, 6.07) is 18.9. The minimum atomic E-state index is -0.896. The molecule has 2 aliphatic rings. The van der Waals surface area contributed by atoms with Crippen LogP contribution in [-0.4, -0.2) is 82.2 Å². The Kier molecular flexibility index (Phi) is 7.79. The Bertz CT molecular complexity index is 959. The molecule has 1 aliphatic carbocycles. The highest BCUT2D eigenvalue weighted by atomic mass is 32.2. The average Bonchev–Trinajstić information content (AvgIpc) is 3.09. The summed E-state index contributed by atoms with van der Waals surface area (Å²) >= 11 is 0. The fourth-order valence-corrected chi connectivity index (χ4v) is 6.45. The highest BCUT2D eigenvalue weighted by Gasteiger charge is 2.54. The molecule has 1 aliphatic heterocycles. The fourth-order valence-electron chi connectivity index (χ4n) is 5.99. The van der Waals surface area contributed by atoms with E-state index in [1.54, 1.807) is 13.4 Å². The van der Waals surface area contributed by atoms with Crippen molar-refractivity contribution in [1.82, 2.24) is 14.7 Å². The number of nitrogens with zero attached hydrogens (tertiary/aromatic N) is 3. The minimum Gasteiger partial charge on any atom is -0.497 e. The van der Waals surface area contributed by atoms with Crippen LogP contribution in [0.5, 0.6) is 5.75 Å². The van der Waals surface area contributed by atoms with Crippen molar-refractivity contribution in [1.29, 1.82) is 0 Å². The van der Waals surface area contributed by atoms with Gasteiger partial charge in [-0.1, -0.05) is 42.5 Å². The molecule has 1 saturated carbocycles. The first-order valence-electron chi connectivity index (χ1n) is 12.1. The van der Waals surface area contributed by atoms with Gasteiger partial charge in [0.1, 0.15) is 5.75 Å². The van der Waals surface area contributed by atoms with Gasteiger partial charge in [0.2, 0.25) is 0 Å². The van der Waals surface area contributed by atoms with Crippen LogP contribution < -0.4 is 4.74 Å². The van der Waals surface area contributed by atoms with Gasteiger partial charge in [-0.25, -0.2) is 0 Å². The zero-order valence-corrected chi connectivity index (χ0v) is 21.8. The standard InChI is InChI=1S/C27H39N3O3S/c1-28(2)27(23-8-6-5-7-9-23)16-14-26(15-17-27)21-29(25(31)30(26)18-19-34(4)32)20-22-10-12-24(33-3)13-11-22/h5-13,25,31H,14-21H2,1-4H3. The number of aliphatic hydroxyl groups is 1. The number of rotatable bonds is 8. The van der Waals surface area contributed by atoms with Gasteiger partial charge < -0.3 is 9.84 Å². The molecule has 7 heteroatoms. The van der Waals surface area contributed by atoms with E-state index in [4.69, 9.17) is 4.74 Å². The van der Waals surface area contributed by atoms with Crippen LogP contribution in [0.15, 0.2) is 54.6 Å². The maximum Gasteiger partial charge on any atom is 0.166 e. The van der Waals surface area contributed by atoms with Gasteiger partial charge in [-0.3, -0.25) is 18.9 Å². The lowest BCUT2D eigenvalue weighted by molar-refractivity contribution is -0.0905. The molecule has 0 bridgehead atoms. The lowest BCUT2D eigenvalue weighted by atomic mass is 9.68. The number of methoxy groups -OCH3 is 1. The molecular weight excluding hydrogens is 446 g/mol. The van der Waals surface area contributed by atoms with E-state index < -0.39 is 17.2 Å². The molecule has 34 heavy (non-hydrogen) atoms. The van der Waals surface area contributed by atoms with Crippen molar-refractivity contribution in [3.63, 3.8) is 0 Å². The first kappa shape index (κ1) is 25.3. The van der Waals surface area contributed by atoms with Crippen LogP contribution in [0.3, 0.4) is 0 Å². The summed E-state index contributed by atoms with van der Waals surface area (Å²) in [6.45, 7) is 2.13. The van der Waals surface area contributed by atoms with Crippen LogP contribution in [0.25, 0.3) is 0 Å². The average molecular weight is 486 g/mol. The Morgan fingerprint density at radius 1 is 1.06 bits per heavy atom. The van der Waals surface area contributed by atoms with Gasteiger partial charge in [0.05, 0.1) is 7.11 Å². The van der Waals surface area contributed by atoms with Gasteiger partial charge in [-0.05, 0) is 63.0 Å². The first-order valence-corrected chi connectivity index (χ1v) is 13.9. The molecule has 0 amide bonds. The monoisotopic (exact) mass is 485 g/mol. The van der Waals surface area contributed by atoms with E-state index in [0.717, 1.165) is 43.5 Å². The third kappa shape index (κ3) is 4.95. The van der Waals surface area contributed by atoms with Crippen molar-refractivity contribution >= 4 is 10.8 Å². The van der Waals surface area contributed by atoms with E-state index in [-0.39, 0.29) is 11.1 Å². The van der Waals surface area contributed by atoms with Crippen molar-refractivity contribution in [3.05, 3.63) is 65.7 Å². The molecule has 0 radical (unpaired) electrons. The van der Waals surface area contributed by atoms with Crippen molar-refractivity contribution in [3.8, 4) is 5.75 Å². The second kappa shape index (κ2) is 10.5. The molecule has 2 atom stereocenters. The smallest absolute Gasteiger partial charge is 0.166 e. The summed E-state index contributed by atoms with van der Waals surface area (Å²) < 4.78 is 17.3. The Labute approximate surface area is 207 Å². The molecule has 2 aromatic carbocycles. The maximum atomic E-state index is 12.0. The molecule has 1 saturated heterocycles. The van der Waals surface area contributed by atoms with Gasteiger partial charge in [-0.2, -0.15) is 0 Å². The third-order valence-electron chi connectivity index (χ3n) is 8.05. The zero-order chi connectivity index (χ0) is 24.3. The van der Waals surface area contributed by atoms with Gasteiger partial charge in [0, 0.05) is 53.5 Å². The highest BCUT2D eigenvalue weighted by Crippen LogP contribution is 2.49. The molecule has 1 heterocycles. The molecule has 2 unspecified atom stereocenters. The van der Waals surface area contributed by atoms with Crippen LogP contribution in [0.2, 0.25) is 0 Å². The van der Waals surface area contributed by atoms with Crippen molar-refractivity contribution in [2.75, 3.05) is 46.3 Å². The topological polar surface area (TPSA) is 56.2 Å². The summed E-state index contributed by atoms with van der Waals surface area (Å²) in [5, 5.41) is 11.4. The second-order valence-corrected chi connectivity index (χ2v) is 11.6. The number of hydrogen-bond donors (Lipinski definition) is 1. The third-order valence-corrected chi connectivity index (χ3v) is 8.81. The fraction of sp³-hybridized carbons (Fsp3) is 0.556. The lowest BCUT2D eigenvalue weighted by Crippen LogP contribution is -2.56. The lowest BCUT2D eigenvalue weighted by Gasteiger charge is -2.51. The molecule has 0 aromatic heterocycles. The predicted octanol–water partition coefficient (Wildman–Crippen LogP) is 3.24. The number of benzene rings is 2. The van der Waals surface area contributed by atoms with Gasteiger partial charge >= 0.3 is 0 Å². The van der Waals surface area contributed by atoms with Crippen molar-refractivity contribution in [2.45, 2.75) is 49.7 Å². The van der Waals surface area contributed by atoms with E-state index in [1.165, 1.54) is 5.56 Å². The van der Waals surface area contributed by atoms with Crippen molar-refractivity contribution < 1.29 is 14.1 Å². The zero-order valence-electron chi connectivity index (χ0n) is 20.9. The van der Waals surface area contributed by atoms with E-state index >= 15 is 0 Å². The Hall–Kier alpha value is -1.77. The van der Waals surface area contributed by atoms with Crippen LogP contribution in [-0.2, 0) is 22.9 Å².